The predicted octanol–water partition coefficient (Wildman–Crippen LogP) is 1.44. The molecule has 0 aromatic carbocycles. The van der Waals surface area contributed by atoms with Crippen molar-refractivity contribution in [1.29, 1.82) is 5.26 Å². The molecule has 0 radical (unpaired) electrons. The molecule has 1 aromatic rings. The van der Waals surface area contributed by atoms with Gasteiger partial charge in [0.15, 0.2) is 0 Å². The van der Waals surface area contributed by atoms with Gasteiger partial charge in [-0.25, -0.2) is 4.79 Å². The number of amides is 1. The quantitative estimate of drug-likeness (QED) is 0.600. The van der Waals surface area contributed by atoms with Crippen molar-refractivity contribution < 1.29 is 14.3 Å². The molecule has 1 N–H and O–H groups in total. The number of carbonyl (C=O) groups excluding carboxylic acids is 2. The van der Waals surface area contributed by atoms with Crippen LogP contribution in [0.3, 0.4) is 0 Å². The minimum atomic E-state index is -0.702. The summed E-state index contributed by atoms with van der Waals surface area (Å²) in [6.07, 6.45) is 5.23. The summed E-state index contributed by atoms with van der Waals surface area (Å²) in [5, 5.41) is 11.1. The van der Waals surface area contributed by atoms with Gasteiger partial charge in [0.1, 0.15) is 6.04 Å². The standard InChI is InChI=1S/C14H17N3O3/c1-20-14(19)12(7-3-2-4-8-15)17-13(18)11-6-5-9-16-10-11/h5-6,9-10,12H,2-4,7H2,1H3,(H,17,18)/t12-/m0/s1. The number of hydrogen-bond acceptors (Lipinski definition) is 5. The van der Waals surface area contributed by atoms with Gasteiger partial charge in [-0.05, 0) is 31.4 Å². The lowest BCUT2D eigenvalue weighted by molar-refractivity contribution is -0.143. The van der Waals surface area contributed by atoms with Crippen LogP contribution in [-0.4, -0.2) is 30.0 Å². The van der Waals surface area contributed by atoms with E-state index >= 15 is 0 Å². The highest BCUT2D eigenvalue weighted by Crippen LogP contribution is 2.06. The first-order valence-corrected chi connectivity index (χ1v) is 6.34. The number of ether oxygens (including phenoxy) is 1. The first-order chi connectivity index (χ1) is 9.69. The van der Waals surface area contributed by atoms with Crippen molar-refractivity contribution >= 4 is 11.9 Å². The molecule has 20 heavy (non-hydrogen) atoms. The Bertz CT molecular complexity index is 482. The van der Waals surface area contributed by atoms with Crippen LogP contribution in [0.1, 0.15) is 36.0 Å². The van der Waals surface area contributed by atoms with Crippen molar-refractivity contribution in [1.82, 2.24) is 10.3 Å². The summed E-state index contributed by atoms with van der Waals surface area (Å²) in [6.45, 7) is 0. The maximum atomic E-state index is 12.0. The van der Waals surface area contributed by atoms with Crippen LogP contribution in [-0.2, 0) is 9.53 Å². The minimum absolute atomic E-state index is 0.367. The average molecular weight is 275 g/mol. The fourth-order valence-corrected chi connectivity index (χ4v) is 1.68. The molecule has 0 saturated heterocycles. The van der Waals surface area contributed by atoms with E-state index in [-0.39, 0.29) is 5.91 Å². The molecule has 0 aliphatic rings. The summed E-state index contributed by atoms with van der Waals surface area (Å²) >= 11 is 0. The molecule has 0 fully saturated rings. The van der Waals surface area contributed by atoms with Crippen LogP contribution in [0.25, 0.3) is 0 Å². The van der Waals surface area contributed by atoms with E-state index in [1.807, 2.05) is 6.07 Å². The highest BCUT2D eigenvalue weighted by atomic mass is 16.5. The van der Waals surface area contributed by atoms with Gasteiger partial charge >= 0.3 is 5.97 Å². The minimum Gasteiger partial charge on any atom is -0.467 e. The van der Waals surface area contributed by atoms with Crippen LogP contribution in [0, 0.1) is 11.3 Å². The van der Waals surface area contributed by atoms with E-state index in [2.05, 4.69) is 15.0 Å². The number of esters is 1. The molecule has 0 bridgehead atoms. The molecule has 1 amide bonds. The van der Waals surface area contributed by atoms with E-state index < -0.39 is 12.0 Å². The molecule has 1 rings (SSSR count). The maximum absolute atomic E-state index is 12.0. The molecule has 6 heteroatoms. The van der Waals surface area contributed by atoms with E-state index in [0.29, 0.717) is 31.2 Å². The van der Waals surface area contributed by atoms with Crippen molar-refractivity contribution in [2.75, 3.05) is 7.11 Å². The second kappa shape index (κ2) is 8.64. The number of hydrogen-bond donors (Lipinski definition) is 1. The topological polar surface area (TPSA) is 92.1 Å². The summed E-state index contributed by atoms with van der Waals surface area (Å²) in [4.78, 5) is 27.4. The van der Waals surface area contributed by atoms with E-state index in [0.717, 1.165) is 0 Å². The Morgan fingerprint density at radius 1 is 1.50 bits per heavy atom. The summed E-state index contributed by atoms with van der Waals surface area (Å²) in [5.41, 5.74) is 0.387. The van der Waals surface area contributed by atoms with Crippen molar-refractivity contribution in [2.24, 2.45) is 0 Å². The van der Waals surface area contributed by atoms with Gasteiger partial charge in [-0.1, -0.05) is 0 Å². The molecule has 6 nitrogen and oxygen atoms in total. The largest absolute Gasteiger partial charge is 0.467 e. The number of methoxy groups -OCH3 is 1. The van der Waals surface area contributed by atoms with Gasteiger partial charge in [0, 0.05) is 18.8 Å². The van der Waals surface area contributed by atoms with Crippen LogP contribution in [0.15, 0.2) is 24.5 Å². The van der Waals surface area contributed by atoms with Gasteiger partial charge in [-0.2, -0.15) is 5.26 Å². The number of nitrogens with zero attached hydrogens (tertiary/aromatic N) is 2. The molecular formula is C14H17N3O3. The number of nitriles is 1. The zero-order valence-electron chi connectivity index (χ0n) is 11.3. The first-order valence-electron chi connectivity index (χ1n) is 6.34. The van der Waals surface area contributed by atoms with Gasteiger partial charge in [0.2, 0.25) is 0 Å². The number of aromatic nitrogens is 1. The summed E-state index contributed by atoms with van der Waals surface area (Å²) < 4.78 is 4.67. The molecule has 1 heterocycles. The third-order valence-corrected chi connectivity index (χ3v) is 2.75. The molecular weight excluding hydrogens is 258 g/mol. The number of rotatable bonds is 7. The lowest BCUT2D eigenvalue weighted by atomic mass is 10.1. The zero-order chi connectivity index (χ0) is 14.8. The highest BCUT2D eigenvalue weighted by molar-refractivity contribution is 5.96. The Labute approximate surface area is 117 Å². The second-order valence-electron chi connectivity index (χ2n) is 4.19. The van der Waals surface area contributed by atoms with Crippen molar-refractivity contribution in [3.63, 3.8) is 0 Å². The normalized spacial score (nSPS) is 11.2. The van der Waals surface area contributed by atoms with Crippen molar-refractivity contribution in [2.45, 2.75) is 31.7 Å². The third-order valence-electron chi connectivity index (χ3n) is 2.75. The van der Waals surface area contributed by atoms with Crippen LogP contribution < -0.4 is 5.32 Å². The zero-order valence-corrected chi connectivity index (χ0v) is 11.3. The summed E-state index contributed by atoms with van der Waals surface area (Å²) in [6, 6.07) is 4.60. The van der Waals surface area contributed by atoms with Crippen LogP contribution >= 0.6 is 0 Å². The Kier molecular flexibility index (Phi) is 6.76. The molecule has 0 saturated carbocycles. The van der Waals surface area contributed by atoms with Gasteiger partial charge < -0.3 is 10.1 Å². The smallest absolute Gasteiger partial charge is 0.328 e. The van der Waals surface area contributed by atoms with Gasteiger partial charge in [-0.3, -0.25) is 9.78 Å². The lowest BCUT2D eigenvalue weighted by Crippen LogP contribution is -2.41. The molecule has 0 spiro atoms. The Hall–Kier alpha value is -2.42. The number of pyridine rings is 1. The molecule has 1 aromatic heterocycles. The number of unbranched alkanes of at least 4 members (excludes halogenated alkanes) is 2. The summed E-state index contributed by atoms with van der Waals surface area (Å²) in [5.74, 6) is -0.854. The highest BCUT2D eigenvalue weighted by Gasteiger charge is 2.21. The Balaban J connectivity index is 2.58. The maximum Gasteiger partial charge on any atom is 0.328 e. The van der Waals surface area contributed by atoms with Crippen molar-refractivity contribution in [3.8, 4) is 6.07 Å². The second-order valence-corrected chi connectivity index (χ2v) is 4.19. The Morgan fingerprint density at radius 2 is 2.30 bits per heavy atom. The van der Waals surface area contributed by atoms with E-state index in [4.69, 9.17) is 5.26 Å². The van der Waals surface area contributed by atoms with Crippen LogP contribution in [0.2, 0.25) is 0 Å². The van der Waals surface area contributed by atoms with Crippen molar-refractivity contribution in [3.05, 3.63) is 30.1 Å². The van der Waals surface area contributed by atoms with Crippen LogP contribution in [0.4, 0.5) is 0 Å². The van der Waals surface area contributed by atoms with E-state index in [1.165, 1.54) is 13.3 Å². The fourth-order valence-electron chi connectivity index (χ4n) is 1.68. The van der Waals surface area contributed by atoms with Gasteiger partial charge in [0.05, 0.1) is 18.7 Å². The lowest BCUT2D eigenvalue weighted by Gasteiger charge is -2.16. The Morgan fingerprint density at radius 3 is 2.90 bits per heavy atom. The van der Waals surface area contributed by atoms with E-state index in [9.17, 15) is 9.59 Å². The van der Waals surface area contributed by atoms with Crippen LogP contribution in [0.5, 0.6) is 0 Å². The molecule has 0 unspecified atom stereocenters. The molecule has 0 aliphatic heterocycles. The fraction of sp³-hybridized carbons (Fsp3) is 0.429. The molecule has 1 atom stereocenters. The van der Waals surface area contributed by atoms with Gasteiger partial charge in [0.25, 0.3) is 5.91 Å². The third kappa shape index (κ3) is 5.06. The van der Waals surface area contributed by atoms with Gasteiger partial charge in [-0.15, -0.1) is 0 Å². The number of nitrogens with one attached hydrogen (secondary N) is 1. The number of carbonyl (C=O) groups is 2. The predicted molar refractivity (Wildman–Crippen MR) is 71.6 cm³/mol. The first kappa shape index (κ1) is 15.6. The molecule has 0 aliphatic carbocycles. The van der Waals surface area contributed by atoms with E-state index in [1.54, 1.807) is 18.3 Å². The average Bonchev–Trinajstić information content (AvgIpc) is 2.50. The summed E-state index contributed by atoms with van der Waals surface area (Å²) in [7, 11) is 1.28. The monoisotopic (exact) mass is 275 g/mol. The molecule has 106 valence electrons. The SMILES string of the molecule is COC(=O)[C@H](CCCCC#N)NC(=O)c1cccnc1.